The molecule has 0 saturated carbocycles. The van der Waals surface area contributed by atoms with Crippen molar-refractivity contribution in [2.75, 3.05) is 56.2 Å². The standard InChI is InChI=1S/C28H33N3O5S/c32-28(21-36-24-10-9-22-7-3-4-8-23(22)19-24)29-26-20-25(37(33,34)31-15-17-35-18-16-31)11-12-27(26)30-13-5-1-2-6-14-30/h3-4,7-12,19-20H,1-2,5-6,13-18,21H2,(H,29,32). The molecule has 0 atom stereocenters. The predicted molar refractivity (Wildman–Crippen MR) is 145 cm³/mol. The molecule has 2 heterocycles. The van der Waals surface area contributed by atoms with Crippen molar-refractivity contribution in [1.82, 2.24) is 4.31 Å². The Morgan fingerprint density at radius 2 is 1.59 bits per heavy atom. The number of hydrogen-bond donors (Lipinski definition) is 1. The van der Waals surface area contributed by atoms with Crippen molar-refractivity contribution < 1.29 is 22.7 Å². The number of nitrogens with one attached hydrogen (secondary N) is 1. The van der Waals surface area contributed by atoms with Crippen LogP contribution in [0, 0.1) is 0 Å². The zero-order chi connectivity index (χ0) is 25.7. The van der Waals surface area contributed by atoms with Gasteiger partial charge in [-0.05, 0) is 53.9 Å². The molecule has 5 rings (SSSR count). The van der Waals surface area contributed by atoms with E-state index in [4.69, 9.17) is 9.47 Å². The van der Waals surface area contributed by atoms with Crippen LogP contribution in [0.5, 0.6) is 5.75 Å². The molecule has 196 valence electrons. The predicted octanol–water partition coefficient (Wildman–Crippen LogP) is 4.26. The first-order chi connectivity index (χ1) is 18.0. The number of carbonyl (C=O) groups excluding carboxylic acids is 1. The van der Waals surface area contributed by atoms with Crippen LogP contribution < -0.4 is 15.0 Å². The smallest absolute Gasteiger partial charge is 0.262 e. The van der Waals surface area contributed by atoms with E-state index in [1.165, 1.54) is 17.1 Å². The third-order valence-corrected chi connectivity index (χ3v) is 8.78. The zero-order valence-corrected chi connectivity index (χ0v) is 21.7. The normalized spacial score (nSPS) is 17.4. The first kappa shape index (κ1) is 25.5. The summed E-state index contributed by atoms with van der Waals surface area (Å²) in [7, 11) is -3.70. The largest absolute Gasteiger partial charge is 0.484 e. The number of carbonyl (C=O) groups is 1. The fourth-order valence-corrected chi connectivity index (χ4v) is 6.33. The number of hydrogen-bond acceptors (Lipinski definition) is 6. The Morgan fingerprint density at radius 1 is 0.865 bits per heavy atom. The zero-order valence-electron chi connectivity index (χ0n) is 20.9. The molecule has 0 radical (unpaired) electrons. The number of anilines is 2. The van der Waals surface area contributed by atoms with Crippen molar-refractivity contribution >= 4 is 38.1 Å². The monoisotopic (exact) mass is 523 g/mol. The van der Waals surface area contributed by atoms with E-state index in [0.29, 0.717) is 37.7 Å². The van der Waals surface area contributed by atoms with Gasteiger partial charge in [0.15, 0.2) is 6.61 Å². The lowest BCUT2D eigenvalue weighted by molar-refractivity contribution is -0.118. The Bertz CT molecular complexity index is 1350. The molecule has 1 amide bonds. The number of benzene rings is 3. The van der Waals surface area contributed by atoms with Gasteiger partial charge in [0.2, 0.25) is 10.0 Å². The average Bonchev–Trinajstić information content (AvgIpc) is 3.22. The number of morpholine rings is 1. The van der Waals surface area contributed by atoms with Crippen LogP contribution in [0.4, 0.5) is 11.4 Å². The molecule has 0 unspecified atom stereocenters. The summed E-state index contributed by atoms with van der Waals surface area (Å²) in [5, 5.41) is 5.07. The molecule has 37 heavy (non-hydrogen) atoms. The molecule has 3 aromatic carbocycles. The van der Waals surface area contributed by atoms with Gasteiger partial charge >= 0.3 is 0 Å². The maximum absolute atomic E-state index is 13.3. The van der Waals surface area contributed by atoms with Crippen LogP contribution >= 0.6 is 0 Å². The van der Waals surface area contributed by atoms with Crippen molar-refractivity contribution in [2.24, 2.45) is 0 Å². The summed E-state index contributed by atoms with van der Waals surface area (Å²) >= 11 is 0. The number of nitrogens with zero attached hydrogens (tertiary/aromatic N) is 2. The highest BCUT2D eigenvalue weighted by Crippen LogP contribution is 2.32. The molecule has 3 aromatic rings. The third-order valence-electron chi connectivity index (χ3n) is 6.89. The maximum Gasteiger partial charge on any atom is 0.262 e. The van der Waals surface area contributed by atoms with Gasteiger partial charge in [-0.1, -0.05) is 43.2 Å². The Balaban J connectivity index is 1.36. The minimum Gasteiger partial charge on any atom is -0.484 e. The van der Waals surface area contributed by atoms with Crippen molar-refractivity contribution in [2.45, 2.75) is 30.6 Å². The molecule has 0 spiro atoms. The molecule has 9 heteroatoms. The second-order valence-corrected chi connectivity index (χ2v) is 11.4. The van der Waals surface area contributed by atoms with Crippen LogP contribution in [0.2, 0.25) is 0 Å². The minimum atomic E-state index is -3.70. The number of sulfonamides is 1. The van der Waals surface area contributed by atoms with Gasteiger partial charge in [0.25, 0.3) is 5.91 Å². The van der Waals surface area contributed by atoms with Crippen molar-refractivity contribution in [3.05, 3.63) is 60.7 Å². The Labute approximate surface area is 218 Å². The van der Waals surface area contributed by atoms with Crippen LogP contribution in [-0.4, -0.2) is 64.6 Å². The molecular weight excluding hydrogens is 490 g/mol. The van der Waals surface area contributed by atoms with Gasteiger partial charge in [-0.25, -0.2) is 8.42 Å². The number of amides is 1. The number of ether oxygens (including phenoxy) is 2. The van der Waals surface area contributed by atoms with Gasteiger partial charge in [-0.15, -0.1) is 0 Å². The Kier molecular flexibility index (Phi) is 7.93. The molecule has 8 nitrogen and oxygen atoms in total. The van der Waals surface area contributed by atoms with Gasteiger partial charge in [0.1, 0.15) is 5.75 Å². The lowest BCUT2D eigenvalue weighted by atomic mass is 10.1. The molecule has 2 aliphatic heterocycles. The van der Waals surface area contributed by atoms with Crippen molar-refractivity contribution in [3.8, 4) is 5.75 Å². The van der Waals surface area contributed by atoms with E-state index in [1.54, 1.807) is 12.1 Å². The van der Waals surface area contributed by atoms with Crippen LogP contribution in [-0.2, 0) is 19.6 Å². The summed E-state index contributed by atoms with van der Waals surface area (Å²) in [5.41, 5.74) is 1.32. The summed E-state index contributed by atoms with van der Waals surface area (Å²) in [6.07, 6.45) is 4.46. The summed E-state index contributed by atoms with van der Waals surface area (Å²) < 4.78 is 39.1. The highest BCUT2D eigenvalue weighted by atomic mass is 32.2. The quantitative estimate of drug-likeness (QED) is 0.498. The number of rotatable bonds is 7. The van der Waals surface area contributed by atoms with E-state index >= 15 is 0 Å². The Hall–Kier alpha value is -3.14. The van der Waals surface area contributed by atoms with Crippen molar-refractivity contribution in [3.63, 3.8) is 0 Å². The topological polar surface area (TPSA) is 88.2 Å². The molecule has 2 saturated heterocycles. The summed E-state index contributed by atoms with van der Waals surface area (Å²) in [6.45, 7) is 2.94. The first-order valence-corrected chi connectivity index (χ1v) is 14.3. The molecule has 0 aliphatic carbocycles. The second-order valence-electron chi connectivity index (χ2n) is 9.44. The second kappa shape index (κ2) is 11.5. The van der Waals surface area contributed by atoms with E-state index in [-0.39, 0.29) is 17.4 Å². The van der Waals surface area contributed by atoms with Gasteiger partial charge in [0, 0.05) is 26.2 Å². The van der Waals surface area contributed by atoms with Crippen LogP contribution in [0.15, 0.2) is 65.6 Å². The Morgan fingerprint density at radius 3 is 2.35 bits per heavy atom. The third kappa shape index (κ3) is 6.06. The molecule has 0 bridgehead atoms. The molecule has 2 aliphatic rings. The van der Waals surface area contributed by atoms with Gasteiger partial charge in [0.05, 0.1) is 29.5 Å². The van der Waals surface area contributed by atoms with Crippen molar-refractivity contribution in [1.29, 1.82) is 0 Å². The van der Waals surface area contributed by atoms with Gasteiger partial charge in [-0.2, -0.15) is 4.31 Å². The highest BCUT2D eigenvalue weighted by Gasteiger charge is 2.28. The average molecular weight is 524 g/mol. The summed E-state index contributed by atoms with van der Waals surface area (Å²) in [6, 6.07) is 18.7. The molecule has 1 N–H and O–H groups in total. The summed E-state index contributed by atoms with van der Waals surface area (Å²) in [5.74, 6) is 0.260. The van der Waals surface area contributed by atoms with Gasteiger partial charge < -0.3 is 19.7 Å². The van der Waals surface area contributed by atoms with E-state index in [9.17, 15) is 13.2 Å². The minimum absolute atomic E-state index is 0.165. The van der Waals surface area contributed by atoms with Crippen LogP contribution in [0.1, 0.15) is 25.7 Å². The van der Waals surface area contributed by atoms with E-state index in [1.807, 2.05) is 48.5 Å². The number of fused-ring (bicyclic) bond motifs is 1. The molecule has 0 aromatic heterocycles. The maximum atomic E-state index is 13.3. The first-order valence-electron chi connectivity index (χ1n) is 12.9. The van der Waals surface area contributed by atoms with Crippen LogP contribution in [0.3, 0.4) is 0 Å². The van der Waals surface area contributed by atoms with E-state index < -0.39 is 10.0 Å². The molecule has 2 fully saturated rings. The van der Waals surface area contributed by atoms with E-state index in [2.05, 4.69) is 10.2 Å². The lowest BCUT2D eigenvalue weighted by Crippen LogP contribution is -2.40. The fourth-order valence-electron chi connectivity index (χ4n) is 4.89. The molecular formula is C28H33N3O5S. The van der Waals surface area contributed by atoms with Crippen LogP contribution in [0.25, 0.3) is 10.8 Å². The SMILES string of the molecule is O=C(COc1ccc2ccccc2c1)Nc1cc(S(=O)(=O)N2CCOCC2)ccc1N1CCCCCC1. The summed E-state index contributed by atoms with van der Waals surface area (Å²) in [4.78, 5) is 15.4. The lowest BCUT2D eigenvalue weighted by Gasteiger charge is -2.28. The fraction of sp³-hybridized carbons (Fsp3) is 0.393. The van der Waals surface area contributed by atoms with Gasteiger partial charge in [-0.3, -0.25) is 4.79 Å². The highest BCUT2D eigenvalue weighted by molar-refractivity contribution is 7.89. The van der Waals surface area contributed by atoms with E-state index in [0.717, 1.165) is 42.4 Å².